The van der Waals surface area contributed by atoms with Gasteiger partial charge >= 0.3 is 0 Å². The zero-order valence-electron chi connectivity index (χ0n) is 9.57. The van der Waals surface area contributed by atoms with Gasteiger partial charge in [-0.2, -0.15) is 0 Å². The van der Waals surface area contributed by atoms with Gasteiger partial charge in [0.15, 0.2) is 0 Å². The van der Waals surface area contributed by atoms with Gasteiger partial charge in [0.2, 0.25) is 0 Å². The smallest absolute Gasteiger partial charge is 0.0973 e. The molecule has 0 aliphatic rings. The molecular weight excluding hydrogens is 270 g/mol. The van der Waals surface area contributed by atoms with Crippen molar-refractivity contribution in [3.8, 4) is 0 Å². The summed E-state index contributed by atoms with van der Waals surface area (Å²) in [6, 6.07) is 8.06. The van der Waals surface area contributed by atoms with E-state index in [1.54, 1.807) is 6.92 Å². The summed E-state index contributed by atoms with van der Waals surface area (Å²) in [7, 11) is 0. The number of rotatable bonds is 5. The predicted octanol–water partition coefficient (Wildman–Crippen LogP) is 1.84. The molecule has 4 heteroatoms. The normalized spacial score (nSPS) is 16.8. The first-order valence-corrected chi connectivity index (χ1v) is 6.06. The maximum absolute atomic E-state index is 9.66. The number of halogens is 1. The third-order valence-electron chi connectivity index (χ3n) is 2.50. The fourth-order valence-electron chi connectivity index (χ4n) is 1.37. The van der Waals surface area contributed by atoms with E-state index < -0.39 is 5.60 Å². The second kappa shape index (κ2) is 5.77. The van der Waals surface area contributed by atoms with E-state index in [-0.39, 0.29) is 12.6 Å². The first-order valence-electron chi connectivity index (χ1n) is 5.27. The van der Waals surface area contributed by atoms with Crippen molar-refractivity contribution in [2.75, 3.05) is 13.2 Å². The molecule has 2 atom stereocenters. The summed E-state index contributed by atoms with van der Waals surface area (Å²) in [5.74, 6) is 0. The third-order valence-corrected chi connectivity index (χ3v) is 3.22. The minimum atomic E-state index is -1.07. The van der Waals surface area contributed by atoms with Gasteiger partial charge in [0, 0.05) is 17.1 Å². The molecule has 0 fully saturated rings. The van der Waals surface area contributed by atoms with Crippen LogP contribution >= 0.6 is 15.9 Å². The Balaban J connectivity index is 2.60. The Morgan fingerprint density at radius 1 is 1.44 bits per heavy atom. The van der Waals surface area contributed by atoms with Gasteiger partial charge in [-0.1, -0.05) is 34.1 Å². The van der Waals surface area contributed by atoms with Gasteiger partial charge in [0.25, 0.3) is 0 Å². The highest BCUT2D eigenvalue weighted by Crippen LogP contribution is 2.22. The summed E-state index contributed by atoms with van der Waals surface area (Å²) < 4.78 is 1.04. The topological polar surface area (TPSA) is 52.5 Å². The highest BCUT2D eigenvalue weighted by atomic mass is 79.9. The Kier molecular flexibility index (Phi) is 4.92. The molecule has 0 saturated heterocycles. The van der Waals surface area contributed by atoms with Crippen LogP contribution < -0.4 is 5.32 Å². The van der Waals surface area contributed by atoms with Gasteiger partial charge in [-0.15, -0.1) is 0 Å². The van der Waals surface area contributed by atoms with Gasteiger partial charge in [0.05, 0.1) is 12.2 Å². The molecule has 0 radical (unpaired) electrons. The molecule has 0 aliphatic carbocycles. The predicted molar refractivity (Wildman–Crippen MR) is 68.3 cm³/mol. The fourth-order valence-corrected chi connectivity index (χ4v) is 1.99. The lowest BCUT2D eigenvalue weighted by molar-refractivity contribution is 0.00105. The molecule has 90 valence electrons. The van der Waals surface area contributed by atoms with Crippen LogP contribution in [-0.2, 0) is 0 Å². The molecule has 0 aromatic heterocycles. The average Bonchev–Trinajstić information content (AvgIpc) is 2.27. The van der Waals surface area contributed by atoms with Crippen LogP contribution in [0.3, 0.4) is 0 Å². The summed E-state index contributed by atoms with van der Waals surface area (Å²) in [5, 5.41) is 21.8. The van der Waals surface area contributed by atoms with Crippen LogP contribution in [0.2, 0.25) is 0 Å². The highest BCUT2D eigenvalue weighted by molar-refractivity contribution is 9.10. The van der Waals surface area contributed by atoms with Crippen molar-refractivity contribution in [1.82, 2.24) is 5.32 Å². The second-order valence-electron chi connectivity index (χ2n) is 4.28. The highest BCUT2D eigenvalue weighted by Gasteiger charge is 2.20. The minimum Gasteiger partial charge on any atom is -0.393 e. The van der Waals surface area contributed by atoms with Gasteiger partial charge in [-0.25, -0.2) is 0 Å². The molecule has 1 aromatic carbocycles. The van der Waals surface area contributed by atoms with Crippen LogP contribution in [0.1, 0.15) is 25.5 Å². The number of aliphatic hydroxyl groups excluding tert-OH is 1. The average molecular weight is 288 g/mol. The Morgan fingerprint density at radius 2 is 2.06 bits per heavy atom. The summed E-state index contributed by atoms with van der Waals surface area (Å²) >= 11 is 3.48. The molecule has 0 saturated carbocycles. The Morgan fingerprint density at radius 3 is 2.62 bits per heavy atom. The van der Waals surface area contributed by atoms with E-state index in [2.05, 4.69) is 21.2 Å². The molecule has 16 heavy (non-hydrogen) atoms. The third kappa shape index (κ3) is 3.87. The molecule has 1 rings (SSSR count). The van der Waals surface area contributed by atoms with Crippen molar-refractivity contribution in [2.45, 2.75) is 25.5 Å². The lowest BCUT2D eigenvalue weighted by atomic mass is 10.1. The molecule has 1 aromatic rings. The molecule has 3 nitrogen and oxygen atoms in total. The summed E-state index contributed by atoms with van der Waals surface area (Å²) in [6.07, 6.45) is 0. The number of benzene rings is 1. The van der Waals surface area contributed by atoms with E-state index >= 15 is 0 Å². The molecule has 0 heterocycles. The SMILES string of the molecule is CC(NCC(C)(O)CO)c1ccccc1Br. The summed E-state index contributed by atoms with van der Waals surface area (Å²) in [6.45, 7) is 3.73. The molecule has 0 aliphatic heterocycles. The number of hydrogen-bond donors (Lipinski definition) is 3. The van der Waals surface area contributed by atoms with Gasteiger partial charge in [-0.05, 0) is 25.5 Å². The summed E-state index contributed by atoms with van der Waals surface area (Å²) in [4.78, 5) is 0. The fraction of sp³-hybridized carbons (Fsp3) is 0.500. The number of nitrogens with one attached hydrogen (secondary N) is 1. The van der Waals surface area contributed by atoms with E-state index in [4.69, 9.17) is 5.11 Å². The van der Waals surface area contributed by atoms with Crippen LogP contribution in [-0.4, -0.2) is 29.0 Å². The summed E-state index contributed by atoms with van der Waals surface area (Å²) in [5.41, 5.74) is 0.0615. The van der Waals surface area contributed by atoms with Crippen molar-refractivity contribution in [3.63, 3.8) is 0 Å². The number of aliphatic hydroxyl groups is 2. The number of hydrogen-bond acceptors (Lipinski definition) is 3. The van der Waals surface area contributed by atoms with Crippen molar-refractivity contribution in [3.05, 3.63) is 34.3 Å². The van der Waals surface area contributed by atoms with Gasteiger partial charge in [-0.3, -0.25) is 0 Å². The largest absolute Gasteiger partial charge is 0.393 e. The quantitative estimate of drug-likeness (QED) is 0.775. The van der Waals surface area contributed by atoms with Gasteiger partial charge in [0.1, 0.15) is 0 Å². The lowest BCUT2D eigenvalue weighted by Crippen LogP contribution is -2.41. The second-order valence-corrected chi connectivity index (χ2v) is 5.13. The minimum absolute atomic E-state index is 0.119. The first kappa shape index (κ1) is 13.6. The monoisotopic (exact) mass is 287 g/mol. The maximum Gasteiger partial charge on any atom is 0.0973 e. The van der Waals surface area contributed by atoms with Crippen molar-refractivity contribution in [1.29, 1.82) is 0 Å². The van der Waals surface area contributed by atoms with E-state index in [0.29, 0.717) is 6.54 Å². The van der Waals surface area contributed by atoms with Crippen LogP contribution in [0.25, 0.3) is 0 Å². The zero-order valence-corrected chi connectivity index (χ0v) is 11.2. The Hall–Kier alpha value is -0.420. The Bertz CT molecular complexity index is 342. The standard InChI is InChI=1S/C12H18BrNO2/c1-9(14-7-12(2,16)8-15)10-5-3-4-6-11(10)13/h3-6,9,14-16H,7-8H2,1-2H3. The van der Waals surface area contributed by atoms with Gasteiger partial charge < -0.3 is 15.5 Å². The van der Waals surface area contributed by atoms with E-state index in [1.807, 2.05) is 31.2 Å². The molecule has 0 spiro atoms. The first-order chi connectivity index (χ1) is 7.46. The van der Waals surface area contributed by atoms with Crippen LogP contribution in [0.15, 0.2) is 28.7 Å². The lowest BCUT2D eigenvalue weighted by Gasteiger charge is -2.24. The maximum atomic E-state index is 9.66. The van der Waals surface area contributed by atoms with Crippen LogP contribution in [0.4, 0.5) is 0 Å². The van der Waals surface area contributed by atoms with Crippen molar-refractivity contribution in [2.24, 2.45) is 0 Å². The van der Waals surface area contributed by atoms with Crippen LogP contribution in [0.5, 0.6) is 0 Å². The molecule has 0 bridgehead atoms. The van der Waals surface area contributed by atoms with Crippen LogP contribution in [0, 0.1) is 0 Å². The van der Waals surface area contributed by atoms with Crippen molar-refractivity contribution >= 4 is 15.9 Å². The van der Waals surface area contributed by atoms with E-state index in [1.165, 1.54) is 0 Å². The molecule has 2 unspecified atom stereocenters. The van der Waals surface area contributed by atoms with E-state index in [0.717, 1.165) is 10.0 Å². The molecular formula is C12H18BrNO2. The zero-order chi connectivity index (χ0) is 12.2. The van der Waals surface area contributed by atoms with E-state index in [9.17, 15) is 5.11 Å². The molecule has 3 N–H and O–H groups in total. The van der Waals surface area contributed by atoms with Crippen molar-refractivity contribution < 1.29 is 10.2 Å². The molecule has 0 amide bonds. The Labute approximate surface area is 105 Å².